The zero-order valence-corrected chi connectivity index (χ0v) is 22.6. The fourth-order valence-electron chi connectivity index (χ4n) is 6.03. The van der Waals surface area contributed by atoms with Crippen molar-refractivity contribution < 1.29 is 19.2 Å². The Labute approximate surface area is 232 Å². The van der Waals surface area contributed by atoms with Gasteiger partial charge in [0.1, 0.15) is 11.5 Å². The number of benzene rings is 1. The molecule has 0 saturated heterocycles. The van der Waals surface area contributed by atoms with Gasteiger partial charge in [-0.25, -0.2) is 0 Å². The molecule has 0 radical (unpaired) electrons. The minimum atomic E-state index is -0.809. The van der Waals surface area contributed by atoms with Crippen LogP contribution in [0.15, 0.2) is 47.3 Å². The molecule has 6 nitrogen and oxygen atoms in total. The Hall–Kier alpha value is -2.67. The van der Waals surface area contributed by atoms with Crippen LogP contribution in [-0.2, 0) is 22.6 Å². The van der Waals surface area contributed by atoms with E-state index in [0.29, 0.717) is 33.8 Å². The highest BCUT2D eigenvalue weighted by atomic mass is 35.5. The number of carbonyl (C=O) groups is 1. The molecule has 8 heteroatoms. The molecule has 4 aliphatic rings. The highest BCUT2D eigenvalue weighted by molar-refractivity contribution is 6.38. The Bertz CT molecular complexity index is 1330. The summed E-state index contributed by atoms with van der Waals surface area (Å²) < 4.78 is 12.6. The Morgan fingerprint density at radius 3 is 2.32 bits per heavy atom. The Morgan fingerprint density at radius 2 is 1.71 bits per heavy atom. The van der Waals surface area contributed by atoms with Crippen LogP contribution in [0.25, 0.3) is 17.3 Å². The van der Waals surface area contributed by atoms with Crippen LogP contribution in [0.5, 0.6) is 0 Å². The first-order chi connectivity index (χ1) is 18.4. The molecule has 4 aliphatic carbocycles. The van der Waals surface area contributed by atoms with Gasteiger partial charge in [0.05, 0.1) is 28.7 Å². The maximum Gasteiger partial charge on any atom is 0.307 e. The van der Waals surface area contributed by atoms with Gasteiger partial charge in [0.25, 0.3) is 0 Å². The maximum atomic E-state index is 10.9. The van der Waals surface area contributed by atoms with Crippen LogP contribution >= 0.6 is 23.2 Å². The molecule has 198 valence electrons. The number of carboxylic acids is 1. The van der Waals surface area contributed by atoms with Gasteiger partial charge < -0.3 is 14.4 Å². The van der Waals surface area contributed by atoms with E-state index >= 15 is 0 Å². The third-order valence-corrected chi connectivity index (χ3v) is 9.15. The van der Waals surface area contributed by atoms with Crippen LogP contribution < -0.4 is 0 Å². The molecule has 0 amide bonds. The smallest absolute Gasteiger partial charge is 0.307 e. The van der Waals surface area contributed by atoms with E-state index in [0.717, 1.165) is 73.8 Å². The van der Waals surface area contributed by atoms with Crippen LogP contribution in [0.3, 0.4) is 0 Å². The first kappa shape index (κ1) is 25.6. The second-order valence-electron chi connectivity index (χ2n) is 11.1. The maximum absolute atomic E-state index is 10.9. The van der Waals surface area contributed by atoms with Crippen molar-refractivity contribution in [2.75, 3.05) is 0 Å². The average molecular weight is 553 g/mol. The summed E-state index contributed by atoms with van der Waals surface area (Å²) >= 11 is 12.9. The number of nitrogens with zero attached hydrogens (tertiary/aromatic N) is 2. The minimum Gasteiger partial charge on any atom is -0.481 e. The summed E-state index contributed by atoms with van der Waals surface area (Å²) in [7, 11) is 0. The number of carboxylic acid groups (broad SMARTS) is 1. The molecular weight excluding hydrogens is 523 g/mol. The predicted octanol–water partition coefficient (Wildman–Crippen LogP) is 7.87. The first-order valence-electron chi connectivity index (χ1n) is 13.3. The first-order valence-corrected chi connectivity index (χ1v) is 14.0. The van der Waals surface area contributed by atoms with Crippen LogP contribution in [0, 0.1) is 5.41 Å². The second-order valence-corrected chi connectivity index (χ2v) is 11.9. The van der Waals surface area contributed by atoms with Gasteiger partial charge in [-0.2, -0.15) is 0 Å². The van der Waals surface area contributed by atoms with Crippen molar-refractivity contribution in [3.05, 3.63) is 75.2 Å². The number of rotatable bonds is 9. The van der Waals surface area contributed by atoms with E-state index in [4.69, 9.17) is 37.6 Å². The summed E-state index contributed by atoms with van der Waals surface area (Å²) in [5.41, 5.74) is 4.28. The Kier molecular flexibility index (Phi) is 6.83. The molecule has 3 aromatic rings. The van der Waals surface area contributed by atoms with Gasteiger partial charge in [-0.15, -0.1) is 0 Å². The number of hydrogen-bond acceptors (Lipinski definition) is 5. The Balaban J connectivity index is 1.14. The molecule has 2 bridgehead atoms. The summed E-state index contributed by atoms with van der Waals surface area (Å²) in [5.74, 6) is 0.482. The lowest BCUT2D eigenvalue weighted by atomic mass is 9.58. The summed E-state index contributed by atoms with van der Waals surface area (Å²) in [4.78, 5) is 15.0. The van der Waals surface area contributed by atoms with E-state index in [9.17, 15) is 4.79 Å². The van der Waals surface area contributed by atoms with Gasteiger partial charge in [-0.3, -0.25) is 9.78 Å². The second kappa shape index (κ2) is 10.1. The molecule has 2 heterocycles. The van der Waals surface area contributed by atoms with Crippen LogP contribution in [0.4, 0.5) is 0 Å². The molecule has 38 heavy (non-hydrogen) atoms. The van der Waals surface area contributed by atoms with Crippen molar-refractivity contribution in [2.24, 2.45) is 5.41 Å². The molecule has 0 atom stereocenters. The zero-order chi connectivity index (χ0) is 26.3. The van der Waals surface area contributed by atoms with Crippen molar-refractivity contribution in [3.63, 3.8) is 0 Å². The predicted molar refractivity (Wildman–Crippen MR) is 146 cm³/mol. The zero-order valence-electron chi connectivity index (χ0n) is 21.1. The number of halogens is 2. The van der Waals surface area contributed by atoms with Crippen LogP contribution in [0.1, 0.15) is 79.7 Å². The average Bonchev–Trinajstić information content (AvgIpc) is 3.68. The molecule has 1 N–H and O–H groups in total. The molecule has 0 unspecified atom stereocenters. The Morgan fingerprint density at radius 1 is 1.05 bits per heavy atom. The molecule has 0 aliphatic heterocycles. The van der Waals surface area contributed by atoms with Crippen LogP contribution in [-0.4, -0.2) is 26.8 Å². The van der Waals surface area contributed by atoms with Crippen LogP contribution in [0.2, 0.25) is 10.0 Å². The molecule has 2 aromatic heterocycles. The fraction of sp³-hybridized carbons (Fsp3) is 0.433. The lowest BCUT2D eigenvalue weighted by Crippen LogP contribution is -2.46. The van der Waals surface area contributed by atoms with Gasteiger partial charge >= 0.3 is 5.97 Å². The molecule has 7 rings (SSSR count). The fourth-order valence-corrected chi connectivity index (χ4v) is 6.57. The lowest BCUT2D eigenvalue weighted by molar-refractivity contribution is -0.136. The van der Waals surface area contributed by atoms with E-state index in [1.54, 1.807) is 12.4 Å². The third kappa shape index (κ3) is 5.14. The summed E-state index contributed by atoms with van der Waals surface area (Å²) in [6.07, 6.45) is 16.3. The number of aromatic nitrogens is 2. The van der Waals surface area contributed by atoms with E-state index < -0.39 is 5.97 Å². The van der Waals surface area contributed by atoms with E-state index in [2.05, 4.69) is 22.3 Å². The normalized spacial score (nSPS) is 24.8. The van der Waals surface area contributed by atoms with Gasteiger partial charge in [-0.1, -0.05) is 64.8 Å². The SMILES string of the molecule is O=C(O)Cc1ccc(C=CC23CCC(OCc4c(-c5c(Cl)cncc5Cl)noc4C4CC4)(CC2)CC3)cc1. The number of fused-ring (bicyclic) bond motifs is 3. The van der Waals surface area contributed by atoms with Crippen molar-refractivity contribution in [1.29, 1.82) is 0 Å². The summed E-state index contributed by atoms with van der Waals surface area (Å²) in [6.45, 7) is 0.436. The summed E-state index contributed by atoms with van der Waals surface area (Å²) in [5, 5.41) is 14.3. The number of allylic oxidation sites excluding steroid dienone is 1. The molecule has 1 aromatic carbocycles. The third-order valence-electron chi connectivity index (χ3n) is 8.58. The molecule has 4 fully saturated rings. The van der Waals surface area contributed by atoms with Gasteiger partial charge in [0.15, 0.2) is 0 Å². The number of hydrogen-bond donors (Lipinski definition) is 1. The molecular formula is C30H30Cl2N2O4. The standard InChI is InChI=1S/C30H30Cl2N2O4/c31-23-16-33-17-24(32)26(23)27-22(28(38-34-27)21-5-6-21)18-37-30-12-9-29(10-13-30,11-14-30)8-7-19-1-3-20(4-2-19)15-25(35)36/h1-4,7-8,16-17,21H,5-6,9-15,18H2,(H,35,36). The van der Waals surface area contributed by atoms with E-state index in [1.807, 2.05) is 24.3 Å². The highest BCUT2D eigenvalue weighted by Crippen LogP contribution is 2.55. The largest absolute Gasteiger partial charge is 0.481 e. The quantitative estimate of drug-likeness (QED) is 0.290. The molecule has 0 spiro atoms. The molecule has 4 saturated carbocycles. The van der Waals surface area contributed by atoms with Gasteiger partial charge in [0.2, 0.25) is 0 Å². The highest BCUT2D eigenvalue weighted by Gasteiger charge is 2.48. The van der Waals surface area contributed by atoms with Crippen molar-refractivity contribution in [1.82, 2.24) is 10.1 Å². The lowest BCUT2D eigenvalue weighted by Gasteiger charge is -2.52. The summed E-state index contributed by atoms with van der Waals surface area (Å²) in [6, 6.07) is 7.79. The van der Waals surface area contributed by atoms with Crippen molar-refractivity contribution >= 4 is 35.2 Å². The van der Waals surface area contributed by atoms with Gasteiger partial charge in [-0.05, 0) is 67.9 Å². The number of aliphatic carboxylic acids is 1. The van der Waals surface area contributed by atoms with Crippen molar-refractivity contribution in [2.45, 2.75) is 75.9 Å². The number of ether oxygens (including phenoxy) is 1. The number of pyridine rings is 1. The topological polar surface area (TPSA) is 85.5 Å². The minimum absolute atomic E-state index is 0.0528. The van der Waals surface area contributed by atoms with E-state index in [1.165, 1.54) is 0 Å². The van der Waals surface area contributed by atoms with E-state index in [-0.39, 0.29) is 17.4 Å². The monoisotopic (exact) mass is 552 g/mol. The van der Waals surface area contributed by atoms with Gasteiger partial charge in [0, 0.05) is 29.4 Å². The van der Waals surface area contributed by atoms with Crippen molar-refractivity contribution in [3.8, 4) is 11.3 Å².